The summed E-state index contributed by atoms with van der Waals surface area (Å²) in [5, 5.41) is 9.20. The molecule has 2 aromatic carbocycles. The molecule has 27 heavy (non-hydrogen) atoms. The van der Waals surface area contributed by atoms with Crippen LogP contribution in [0.4, 0.5) is 13.2 Å². The minimum absolute atomic E-state index is 0.00119. The summed E-state index contributed by atoms with van der Waals surface area (Å²) in [6.07, 6.45) is -3.52. The van der Waals surface area contributed by atoms with Crippen molar-refractivity contribution in [3.8, 4) is 0 Å². The predicted octanol–water partition coefficient (Wildman–Crippen LogP) is 3.65. The maximum Gasteiger partial charge on any atom is 0.471 e. The number of fused-ring (bicyclic) bond motifs is 1. The molecule has 1 heterocycles. The normalized spacial score (nSPS) is 14.6. The number of carbonyl (C=O) groups is 2. The van der Waals surface area contributed by atoms with E-state index in [1.165, 1.54) is 0 Å². The van der Waals surface area contributed by atoms with Gasteiger partial charge >= 0.3 is 18.1 Å². The van der Waals surface area contributed by atoms with Gasteiger partial charge in [0.15, 0.2) is 0 Å². The molecule has 1 N–H and O–H groups in total. The lowest BCUT2D eigenvalue weighted by molar-refractivity contribution is -0.186. The zero-order valence-electron chi connectivity index (χ0n) is 14.2. The van der Waals surface area contributed by atoms with Gasteiger partial charge in [-0.3, -0.25) is 4.79 Å². The third-order valence-corrected chi connectivity index (χ3v) is 4.41. The molecule has 0 aromatic heterocycles. The summed E-state index contributed by atoms with van der Waals surface area (Å²) in [6.45, 7) is -0.155. The smallest absolute Gasteiger partial charge is 0.471 e. The van der Waals surface area contributed by atoms with Gasteiger partial charge in [-0.15, -0.1) is 0 Å². The number of amides is 1. The molecule has 0 saturated carbocycles. The second-order valence-corrected chi connectivity index (χ2v) is 6.22. The van der Waals surface area contributed by atoms with E-state index < -0.39 is 18.1 Å². The average Bonchev–Trinajstić information content (AvgIpc) is 2.64. The van der Waals surface area contributed by atoms with Crippen molar-refractivity contribution in [3.63, 3.8) is 0 Å². The van der Waals surface area contributed by atoms with E-state index in [9.17, 15) is 27.9 Å². The first kappa shape index (κ1) is 18.7. The Balaban J connectivity index is 1.97. The number of aliphatic carboxylic acids is 1. The first-order valence-electron chi connectivity index (χ1n) is 8.24. The number of carboxylic acids is 1. The number of rotatable bonds is 3. The highest BCUT2D eigenvalue weighted by Crippen LogP contribution is 2.29. The summed E-state index contributed by atoms with van der Waals surface area (Å²) in [7, 11) is 0. The van der Waals surface area contributed by atoms with E-state index in [0.717, 1.165) is 16.5 Å². The Labute approximate surface area is 153 Å². The topological polar surface area (TPSA) is 57.6 Å². The molecule has 1 aliphatic heterocycles. The highest BCUT2D eigenvalue weighted by molar-refractivity contribution is 5.95. The molecule has 140 valence electrons. The van der Waals surface area contributed by atoms with Crippen LogP contribution >= 0.6 is 0 Å². The SMILES string of the molecule is O=C(O)C=C(c1ccccc1)c1ccc2c(c1)CN(C(=O)C(F)(F)F)CC2. The monoisotopic (exact) mass is 375 g/mol. The zero-order chi connectivity index (χ0) is 19.6. The summed E-state index contributed by atoms with van der Waals surface area (Å²) in [5.74, 6) is -2.98. The van der Waals surface area contributed by atoms with Crippen molar-refractivity contribution >= 4 is 17.4 Å². The number of nitrogens with zero attached hydrogens (tertiary/aromatic N) is 1. The van der Waals surface area contributed by atoms with Crippen molar-refractivity contribution in [2.24, 2.45) is 0 Å². The van der Waals surface area contributed by atoms with Gasteiger partial charge in [0.2, 0.25) is 0 Å². The van der Waals surface area contributed by atoms with Crippen LogP contribution in [0.1, 0.15) is 22.3 Å². The van der Waals surface area contributed by atoms with Gasteiger partial charge in [-0.05, 0) is 40.3 Å². The number of alkyl halides is 3. The Morgan fingerprint density at radius 2 is 1.70 bits per heavy atom. The van der Waals surface area contributed by atoms with Crippen molar-refractivity contribution in [1.29, 1.82) is 0 Å². The number of carbonyl (C=O) groups excluding carboxylic acids is 1. The number of hydrogen-bond donors (Lipinski definition) is 1. The summed E-state index contributed by atoms with van der Waals surface area (Å²) in [4.78, 5) is 23.5. The summed E-state index contributed by atoms with van der Waals surface area (Å²) in [5.41, 5.74) is 3.14. The Morgan fingerprint density at radius 3 is 2.33 bits per heavy atom. The second kappa shape index (κ2) is 7.26. The summed E-state index contributed by atoms with van der Waals surface area (Å²) >= 11 is 0. The molecule has 1 aliphatic rings. The first-order valence-corrected chi connectivity index (χ1v) is 8.24. The quantitative estimate of drug-likeness (QED) is 0.834. The molecular formula is C20H16F3NO3. The Bertz CT molecular complexity index is 904. The fraction of sp³-hybridized carbons (Fsp3) is 0.200. The van der Waals surface area contributed by atoms with E-state index in [0.29, 0.717) is 28.7 Å². The molecule has 0 radical (unpaired) electrons. The third kappa shape index (κ3) is 4.19. The van der Waals surface area contributed by atoms with Crippen LogP contribution in [0, 0.1) is 0 Å². The molecule has 3 rings (SSSR count). The second-order valence-electron chi connectivity index (χ2n) is 6.22. The molecule has 2 aromatic rings. The molecule has 0 atom stereocenters. The van der Waals surface area contributed by atoms with E-state index in [1.54, 1.807) is 48.5 Å². The van der Waals surface area contributed by atoms with Crippen molar-refractivity contribution in [3.05, 3.63) is 76.9 Å². The Hall–Kier alpha value is -3.09. The number of halogens is 3. The summed E-state index contributed by atoms with van der Waals surface area (Å²) in [6, 6.07) is 14.0. The van der Waals surface area contributed by atoms with Crippen LogP contribution in [0.3, 0.4) is 0 Å². The van der Waals surface area contributed by atoms with Crippen LogP contribution in [-0.4, -0.2) is 34.6 Å². The lowest BCUT2D eigenvalue weighted by Gasteiger charge is -2.30. The molecule has 4 nitrogen and oxygen atoms in total. The highest BCUT2D eigenvalue weighted by Gasteiger charge is 2.43. The number of carboxylic acid groups (broad SMARTS) is 1. The molecule has 0 fully saturated rings. The molecule has 1 amide bonds. The van der Waals surface area contributed by atoms with E-state index in [-0.39, 0.29) is 13.1 Å². The minimum Gasteiger partial charge on any atom is -0.478 e. The van der Waals surface area contributed by atoms with E-state index in [2.05, 4.69) is 0 Å². The lowest BCUT2D eigenvalue weighted by atomic mass is 9.91. The van der Waals surface area contributed by atoms with Gasteiger partial charge in [0.1, 0.15) is 0 Å². The van der Waals surface area contributed by atoms with Crippen molar-refractivity contribution < 1.29 is 27.9 Å². The maximum atomic E-state index is 12.7. The van der Waals surface area contributed by atoms with Crippen molar-refractivity contribution in [2.45, 2.75) is 19.1 Å². The minimum atomic E-state index is -4.91. The van der Waals surface area contributed by atoms with Crippen molar-refractivity contribution in [1.82, 2.24) is 4.90 Å². The molecule has 0 spiro atoms. The van der Waals surface area contributed by atoms with E-state index in [1.807, 2.05) is 0 Å². The van der Waals surface area contributed by atoms with E-state index >= 15 is 0 Å². The predicted molar refractivity (Wildman–Crippen MR) is 92.8 cm³/mol. The zero-order valence-corrected chi connectivity index (χ0v) is 14.2. The van der Waals surface area contributed by atoms with Crippen LogP contribution in [0.15, 0.2) is 54.6 Å². The van der Waals surface area contributed by atoms with Gasteiger partial charge in [0.05, 0.1) is 0 Å². The largest absolute Gasteiger partial charge is 0.478 e. The number of benzene rings is 2. The van der Waals surface area contributed by atoms with Crippen LogP contribution < -0.4 is 0 Å². The van der Waals surface area contributed by atoms with Gasteiger partial charge < -0.3 is 10.0 Å². The highest BCUT2D eigenvalue weighted by atomic mass is 19.4. The summed E-state index contributed by atoms with van der Waals surface area (Å²) < 4.78 is 38.1. The van der Waals surface area contributed by atoms with E-state index in [4.69, 9.17) is 0 Å². The third-order valence-electron chi connectivity index (χ3n) is 4.41. The fourth-order valence-electron chi connectivity index (χ4n) is 3.15. The van der Waals surface area contributed by atoms with Gasteiger partial charge in [-0.2, -0.15) is 13.2 Å². The standard InChI is InChI=1S/C20H16F3NO3/c21-20(22,23)19(27)24-9-8-13-6-7-15(10-16(13)12-24)17(11-18(25)26)14-4-2-1-3-5-14/h1-7,10-11H,8-9,12H2,(H,25,26). The van der Waals surface area contributed by atoms with Gasteiger partial charge in [0, 0.05) is 19.2 Å². The van der Waals surface area contributed by atoms with Crippen LogP contribution in [-0.2, 0) is 22.6 Å². The van der Waals surface area contributed by atoms with Gasteiger partial charge in [0.25, 0.3) is 0 Å². The van der Waals surface area contributed by atoms with Gasteiger partial charge in [-0.1, -0.05) is 42.5 Å². The molecule has 0 unspecified atom stereocenters. The maximum absolute atomic E-state index is 12.7. The Kier molecular flexibility index (Phi) is 5.03. The van der Waals surface area contributed by atoms with Crippen LogP contribution in [0.2, 0.25) is 0 Å². The van der Waals surface area contributed by atoms with Crippen LogP contribution in [0.5, 0.6) is 0 Å². The molecule has 0 bridgehead atoms. The molecule has 0 aliphatic carbocycles. The average molecular weight is 375 g/mol. The molecular weight excluding hydrogens is 359 g/mol. The van der Waals surface area contributed by atoms with Gasteiger partial charge in [-0.25, -0.2) is 4.79 Å². The molecule has 0 saturated heterocycles. The Morgan fingerprint density at radius 1 is 1.00 bits per heavy atom. The van der Waals surface area contributed by atoms with Crippen molar-refractivity contribution in [2.75, 3.05) is 6.54 Å². The first-order chi connectivity index (χ1) is 12.8. The lowest BCUT2D eigenvalue weighted by Crippen LogP contribution is -2.43. The van der Waals surface area contributed by atoms with Crippen LogP contribution in [0.25, 0.3) is 5.57 Å². The number of hydrogen-bond acceptors (Lipinski definition) is 2. The molecule has 7 heteroatoms. The fourth-order valence-corrected chi connectivity index (χ4v) is 3.15.